The van der Waals surface area contributed by atoms with Crippen LogP contribution in [0.2, 0.25) is 5.02 Å². The standard InChI is InChI=1S/C14H12ClF2NO/c1-8(18)11-6-9(16)2-5-14(11)19-10-3-4-13(17)12(15)7-10/h2-8H,18H2,1H3/t8-/m1/s1. The van der Waals surface area contributed by atoms with Crippen molar-refractivity contribution in [2.24, 2.45) is 5.73 Å². The SMILES string of the molecule is C[C@@H](N)c1cc(F)ccc1Oc1ccc(F)c(Cl)c1. The van der Waals surface area contributed by atoms with Gasteiger partial charge in [0.2, 0.25) is 0 Å². The first kappa shape index (κ1) is 13.8. The van der Waals surface area contributed by atoms with Crippen LogP contribution in [0.5, 0.6) is 11.5 Å². The summed E-state index contributed by atoms with van der Waals surface area (Å²) in [7, 11) is 0. The van der Waals surface area contributed by atoms with Crippen molar-refractivity contribution < 1.29 is 13.5 Å². The Morgan fingerprint density at radius 2 is 1.89 bits per heavy atom. The molecule has 1 atom stereocenters. The Hall–Kier alpha value is -1.65. The largest absolute Gasteiger partial charge is 0.457 e. The molecule has 0 saturated carbocycles. The van der Waals surface area contributed by atoms with Gasteiger partial charge in [-0.3, -0.25) is 0 Å². The van der Waals surface area contributed by atoms with E-state index in [0.29, 0.717) is 17.1 Å². The lowest BCUT2D eigenvalue weighted by molar-refractivity contribution is 0.467. The third-order valence-corrected chi connectivity index (χ3v) is 2.87. The van der Waals surface area contributed by atoms with E-state index < -0.39 is 11.6 Å². The number of benzene rings is 2. The molecule has 2 nitrogen and oxygen atoms in total. The van der Waals surface area contributed by atoms with Gasteiger partial charge in [0.15, 0.2) is 0 Å². The molecule has 0 saturated heterocycles. The third kappa shape index (κ3) is 3.22. The van der Waals surface area contributed by atoms with Crippen LogP contribution in [-0.2, 0) is 0 Å². The number of rotatable bonds is 3. The molecule has 0 aliphatic heterocycles. The second-order valence-corrected chi connectivity index (χ2v) is 4.56. The zero-order valence-electron chi connectivity index (χ0n) is 10.2. The molecular formula is C14H12ClF2NO. The molecule has 0 heterocycles. The molecule has 100 valence electrons. The van der Waals surface area contributed by atoms with Crippen LogP contribution in [0.25, 0.3) is 0 Å². The first-order valence-electron chi connectivity index (χ1n) is 5.65. The minimum atomic E-state index is -0.527. The summed E-state index contributed by atoms with van der Waals surface area (Å²) in [6.45, 7) is 1.72. The molecule has 0 aliphatic carbocycles. The van der Waals surface area contributed by atoms with Gasteiger partial charge in [-0.15, -0.1) is 0 Å². The van der Waals surface area contributed by atoms with Crippen molar-refractivity contribution in [2.75, 3.05) is 0 Å². The van der Waals surface area contributed by atoms with E-state index >= 15 is 0 Å². The summed E-state index contributed by atoms with van der Waals surface area (Å²) < 4.78 is 31.8. The Morgan fingerprint density at radius 3 is 2.53 bits per heavy atom. The molecule has 2 aromatic rings. The molecule has 0 fully saturated rings. The maximum Gasteiger partial charge on any atom is 0.142 e. The quantitative estimate of drug-likeness (QED) is 0.904. The van der Waals surface area contributed by atoms with E-state index in [0.717, 1.165) is 0 Å². The van der Waals surface area contributed by atoms with Gasteiger partial charge < -0.3 is 10.5 Å². The number of nitrogens with two attached hydrogens (primary N) is 1. The highest BCUT2D eigenvalue weighted by Crippen LogP contribution is 2.31. The molecule has 19 heavy (non-hydrogen) atoms. The van der Waals surface area contributed by atoms with Crippen LogP contribution in [-0.4, -0.2) is 0 Å². The van der Waals surface area contributed by atoms with Gasteiger partial charge in [0, 0.05) is 17.7 Å². The zero-order chi connectivity index (χ0) is 14.0. The summed E-state index contributed by atoms with van der Waals surface area (Å²) in [4.78, 5) is 0. The monoisotopic (exact) mass is 283 g/mol. The highest BCUT2D eigenvalue weighted by molar-refractivity contribution is 6.30. The van der Waals surface area contributed by atoms with Crippen molar-refractivity contribution in [1.82, 2.24) is 0 Å². The molecule has 0 radical (unpaired) electrons. The lowest BCUT2D eigenvalue weighted by Crippen LogP contribution is -2.07. The summed E-state index contributed by atoms with van der Waals surface area (Å²) in [6, 6.07) is 7.66. The summed E-state index contributed by atoms with van der Waals surface area (Å²) in [5.41, 5.74) is 6.29. The second kappa shape index (κ2) is 5.55. The molecular weight excluding hydrogens is 272 g/mol. The molecule has 0 amide bonds. The highest BCUT2D eigenvalue weighted by Gasteiger charge is 2.11. The molecule has 2 rings (SSSR count). The van der Waals surface area contributed by atoms with Crippen molar-refractivity contribution >= 4 is 11.6 Å². The predicted octanol–water partition coefficient (Wildman–Crippen LogP) is 4.43. The van der Waals surface area contributed by atoms with Crippen molar-refractivity contribution in [2.45, 2.75) is 13.0 Å². The average Bonchev–Trinajstić information content (AvgIpc) is 2.36. The molecule has 0 aliphatic rings. The van der Waals surface area contributed by atoms with Gasteiger partial charge in [0.05, 0.1) is 5.02 Å². The first-order chi connectivity index (χ1) is 8.97. The normalized spacial score (nSPS) is 12.3. The molecule has 2 N–H and O–H groups in total. The summed E-state index contributed by atoms with van der Waals surface area (Å²) >= 11 is 5.67. The van der Waals surface area contributed by atoms with Crippen LogP contribution in [0.1, 0.15) is 18.5 Å². The minimum absolute atomic E-state index is 0.0399. The van der Waals surface area contributed by atoms with Gasteiger partial charge in [-0.25, -0.2) is 8.78 Å². The first-order valence-corrected chi connectivity index (χ1v) is 6.03. The van der Waals surface area contributed by atoms with Crippen LogP contribution >= 0.6 is 11.6 Å². The predicted molar refractivity (Wildman–Crippen MR) is 70.5 cm³/mol. The van der Waals surface area contributed by atoms with Crippen LogP contribution in [0.4, 0.5) is 8.78 Å². The Bertz CT molecular complexity index is 602. The van der Waals surface area contributed by atoms with Crippen LogP contribution in [0, 0.1) is 11.6 Å². The van der Waals surface area contributed by atoms with Gasteiger partial charge in [-0.1, -0.05) is 11.6 Å². The summed E-state index contributed by atoms with van der Waals surface area (Å²) in [5, 5.41) is -0.0399. The average molecular weight is 284 g/mol. The maximum absolute atomic E-state index is 13.2. The van der Waals surface area contributed by atoms with E-state index in [4.69, 9.17) is 22.1 Å². The van der Waals surface area contributed by atoms with Crippen LogP contribution in [0.3, 0.4) is 0 Å². The summed E-state index contributed by atoms with van der Waals surface area (Å²) in [6.07, 6.45) is 0. The molecule has 0 bridgehead atoms. The van der Waals surface area contributed by atoms with E-state index in [1.807, 2.05) is 0 Å². The number of halogens is 3. The van der Waals surface area contributed by atoms with E-state index in [-0.39, 0.29) is 11.1 Å². The highest BCUT2D eigenvalue weighted by atomic mass is 35.5. The second-order valence-electron chi connectivity index (χ2n) is 4.15. The molecule has 0 spiro atoms. The Balaban J connectivity index is 2.35. The minimum Gasteiger partial charge on any atom is -0.457 e. The van der Waals surface area contributed by atoms with E-state index in [2.05, 4.69) is 0 Å². The van der Waals surface area contributed by atoms with Gasteiger partial charge in [-0.2, -0.15) is 0 Å². The van der Waals surface area contributed by atoms with Crippen molar-refractivity contribution in [3.63, 3.8) is 0 Å². The Labute approximate surface area is 114 Å². The lowest BCUT2D eigenvalue weighted by Gasteiger charge is -2.14. The van der Waals surface area contributed by atoms with E-state index in [1.54, 1.807) is 6.92 Å². The molecule has 0 aromatic heterocycles. The smallest absolute Gasteiger partial charge is 0.142 e. The topological polar surface area (TPSA) is 35.2 Å². The fourth-order valence-corrected chi connectivity index (χ4v) is 1.81. The van der Waals surface area contributed by atoms with Gasteiger partial charge in [0.1, 0.15) is 23.1 Å². The van der Waals surface area contributed by atoms with E-state index in [1.165, 1.54) is 36.4 Å². The number of hydrogen-bond donors (Lipinski definition) is 1. The third-order valence-electron chi connectivity index (χ3n) is 2.58. The fraction of sp³-hybridized carbons (Fsp3) is 0.143. The van der Waals surface area contributed by atoms with Crippen LogP contribution < -0.4 is 10.5 Å². The summed E-state index contributed by atoms with van der Waals surface area (Å²) in [5.74, 6) is -0.142. The lowest BCUT2D eigenvalue weighted by atomic mass is 10.1. The fourth-order valence-electron chi connectivity index (χ4n) is 1.64. The maximum atomic E-state index is 13.2. The van der Waals surface area contributed by atoms with Crippen molar-refractivity contribution in [3.05, 3.63) is 58.6 Å². The molecule has 2 aromatic carbocycles. The van der Waals surface area contributed by atoms with Gasteiger partial charge >= 0.3 is 0 Å². The molecule has 0 unspecified atom stereocenters. The van der Waals surface area contributed by atoms with Crippen molar-refractivity contribution in [1.29, 1.82) is 0 Å². The van der Waals surface area contributed by atoms with Gasteiger partial charge in [-0.05, 0) is 37.3 Å². The molecule has 5 heteroatoms. The number of ether oxygens (including phenoxy) is 1. The van der Waals surface area contributed by atoms with E-state index in [9.17, 15) is 8.78 Å². The number of hydrogen-bond acceptors (Lipinski definition) is 2. The Morgan fingerprint density at radius 1 is 1.16 bits per heavy atom. The van der Waals surface area contributed by atoms with Gasteiger partial charge in [0.25, 0.3) is 0 Å². The van der Waals surface area contributed by atoms with Crippen LogP contribution in [0.15, 0.2) is 36.4 Å². The Kier molecular flexibility index (Phi) is 4.02. The zero-order valence-corrected chi connectivity index (χ0v) is 10.9. The van der Waals surface area contributed by atoms with Crippen molar-refractivity contribution in [3.8, 4) is 11.5 Å².